The summed E-state index contributed by atoms with van der Waals surface area (Å²) in [4.78, 5) is 33.4. The van der Waals surface area contributed by atoms with E-state index in [1.54, 1.807) is 17.0 Å². The largest absolute Gasteiger partial charge is 0.361 e. The molecule has 5 nitrogen and oxygen atoms in total. The van der Waals surface area contributed by atoms with Crippen LogP contribution in [0.1, 0.15) is 54.1 Å². The molecule has 2 aromatic heterocycles. The molecular formula is C29H30FN3O2S. The van der Waals surface area contributed by atoms with Gasteiger partial charge in [-0.25, -0.2) is 4.39 Å². The number of rotatable bonds is 8. The van der Waals surface area contributed by atoms with Crippen LogP contribution in [0.3, 0.4) is 0 Å². The van der Waals surface area contributed by atoms with Crippen LogP contribution < -0.4 is 5.32 Å². The number of halogens is 1. The van der Waals surface area contributed by atoms with Crippen molar-refractivity contribution in [2.75, 3.05) is 0 Å². The second kappa shape index (κ2) is 11.1. The summed E-state index contributed by atoms with van der Waals surface area (Å²) in [5.41, 5.74) is 2.63. The van der Waals surface area contributed by atoms with Crippen LogP contribution in [0, 0.1) is 5.82 Å². The maximum atomic E-state index is 13.9. The Morgan fingerprint density at radius 2 is 1.81 bits per heavy atom. The number of H-pyrrole nitrogens is 1. The zero-order valence-electron chi connectivity index (χ0n) is 20.1. The summed E-state index contributed by atoms with van der Waals surface area (Å²) in [6.45, 7) is 0.210. The van der Waals surface area contributed by atoms with Gasteiger partial charge in [0.05, 0.1) is 6.42 Å². The van der Waals surface area contributed by atoms with Crippen LogP contribution in [0.25, 0.3) is 10.9 Å². The van der Waals surface area contributed by atoms with Gasteiger partial charge >= 0.3 is 0 Å². The lowest BCUT2D eigenvalue weighted by molar-refractivity contribution is -0.141. The molecule has 0 aliphatic heterocycles. The maximum absolute atomic E-state index is 13.9. The third-order valence-corrected chi connectivity index (χ3v) is 7.85. The number of carbonyl (C=O) groups excluding carboxylic acids is 2. The normalized spacial score (nSPS) is 15.0. The predicted octanol–water partition coefficient (Wildman–Crippen LogP) is 6.13. The van der Waals surface area contributed by atoms with Crippen LogP contribution in [0.5, 0.6) is 0 Å². The van der Waals surface area contributed by atoms with Gasteiger partial charge in [-0.1, -0.05) is 55.7 Å². The summed E-state index contributed by atoms with van der Waals surface area (Å²) in [7, 11) is 0. The van der Waals surface area contributed by atoms with Crippen LogP contribution in [-0.4, -0.2) is 27.7 Å². The molecule has 1 saturated carbocycles. The van der Waals surface area contributed by atoms with Gasteiger partial charge in [0.2, 0.25) is 11.8 Å². The van der Waals surface area contributed by atoms with Crippen molar-refractivity contribution < 1.29 is 14.0 Å². The van der Waals surface area contributed by atoms with E-state index in [4.69, 9.17) is 0 Å². The molecule has 1 aliphatic rings. The zero-order valence-corrected chi connectivity index (χ0v) is 20.9. The van der Waals surface area contributed by atoms with Gasteiger partial charge in [0.25, 0.3) is 0 Å². The highest BCUT2D eigenvalue weighted by Gasteiger charge is 2.34. The van der Waals surface area contributed by atoms with Crippen molar-refractivity contribution in [1.29, 1.82) is 0 Å². The Kier molecular flexibility index (Phi) is 7.47. The molecule has 0 saturated heterocycles. The Bertz CT molecular complexity index is 1310. The summed E-state index contributed by atoms with van der Waals surface area (Å²) in [5.74, 6) is -0.639. The number of carbonyl (C=O) groups is 2. The van der Waals surface area contributed by atoms with Gasteiger partial charge in [0, 0.05) is 34.6 Å². The minimum absolute atomic E-state index is 0.130. The van der Waals surface area contributed by atoms with E-state index in [0.29, 0.717) is 0 Å². The fourth-order valence-electron chi connectivity index (χ4n) is 5.05. The summed E-state index contributed by atoms with van der Waals surface area (Å²) in [6.07, 6.45) is 7.35. The minimum atomic E-state index is -0.755. The number of hydrogen-bond acceptors (Lipinski definition) is 3. The molecule has 0 bridgehead atoms. The Hall–Kier alpha value is -3.45. The molecule has 1 aliphatic carbocycles. The van der Waals surface area contributed by atoms with Gasteiger partial charge in [0.1, 0.15) is 11.9 Å². The number of fused-ring (bicyclic) bond motifs is 1. The van der Waals surface area contributed by atoms with E-state index >= 15 is 0 Å². The molecular weight excluding hydrogens is 473 g/mol. The summed E-state index contributed by atoms with van der Waals surface area (Å²) in [6, 6.07) is 17.2. The van der Waals surface area contributed by atoms with E-state index < -0.39 is 6.04 Å². The van der Waals surface area contributed by atoms with Gasteiger partial charge in [0.15, 0.2) is 0 Å². The standard InChI is InChI=1S/C29H30FN3O2S/c30-22-14-12-20(13-15-22)19-33(27(34)17-21-18-31-25-10-5-4-9-24(21)25)28(26-11-6-16-36-26)29(35)32-23-7-2-1-3-8-23/h4-6,9-16,18,23,28,31H,1-3,7-8,17,19H2,(H,32,35)/t28-/m1/s1. The zero-order chi connectivity index (χ0) is 24.9. The summed E-state index contributed by atoms with van der Waals surface area (Å²) in [5, 5.41) is 6.15. The van der Waals surface area contributed by atoms with Gasteiger partial charge < -0.3 is 15.2 Å². The molecule has 2 amide bonds. The lowest BCUT2D eigenvalue weighted by atomic mass is 9.95. The van der Waals surface area contributed by atoms with Crippen molar-refractivity contribution in [3.8, 4) is 0 Å². The number of hydrogen-bond donors (Lipinski definition) is 2. The molecule has 1 atom stereocenters. The van der Waals surface area contributed by atoms with Gasteiger partial charge in [-0.3, -0.25) is 9.59 Å². The number of thiophene rings is 1. The van der Waals surface area contributed by atoms with Crippen molar-refractivity contribution in [1.82, 2.24) is 15.2 Å². The first-order valence-corrected chi connectivity index (χ1v) is 13.4. The van der Waals surface area contributed by atoms with Crippen molar-refractivity contribution in [3.05, 3.63) is 94.1 Å². The molecule has 1 fully saturated rings. The number of aromatic amines is 1. The average molecular weight is 504 g/mol. The third-order valence-electron chi connectivity index (χ3n) is 6.93. The molecule has 2 aromatic carbocycles. The lowest BCUT2D eigenvalue weighted by Gasteiger charge is -2.33. The molecule has 2 N–H and O–H groups in total. The predicted molar refractivity (Wildman–Crippen MR) is 141 cm³/mol. The topological polar surface area (TPSA) is 65.2 Å². The molecule has 0 spiro atoms. The first kappa shape index (κ1) is 24.3. The van der Waals surface area contributed by atoms with Crippen LogP contribution in [0.2, 0.25) is 0 Å². The van der Waals surface area contributed by atoms with E-state index in [2.05, 4.69) is 10.3 Å². The fourth-order valence-corrected chi connectivity index (χ4v) is 5.89. The molecule has 186 valence electrons. The Balaban J connectivity index is 1.48. The highest BCUT2D eigenvalue weighted by molar-refractivity contribution is 7.10. The van der Waals surface area contributed by atoms with Crippen molar-refractivity contribution in [3.63, 3.8) is 0 Å². The van der Waals surface area contributed by atoms with E-state index in [1.165, 1.54) is 29.9 Å². The number of nitrogens with one attached hydrogen (secondary N) is 2. The van der Waals surface area contributed by atoms with E-state index in [-0.39, 0.29) is 36.6 Å². The van der Waals surface area contributed by atoms with Gasteiger partial charge in [-0.15, -0.1) is 11.3 Å². The quantitative estimate of drug-likeness (QED) is 0.304. The third kappa shape index (κ3) is 5.51. The number of nitrogens with zero attached hydrogens (tertiary/aromatic N) is 1. The van der Waals surface area contributed by atoms with E-state index in [1.807, 2.05) is 48.0 Å². The SMILES string of the molecule is O=C(NC1CCCCC1)[C@@H](c1cccs1)N(Cc1ccc(F)cc1)C(=O)Cc1c[nH]c2ccccc12. The van der Waals surface area contributed by atoms with Crippen LogP contribution in [0.4, 0.5) is 4.39 Å². The summed E-state index contributed by atoms with van der Waals surface area (Å²) < 4.78 is 13.6. The van der Waals surface area contributed by atoms with Gasteiger partial charge in [-0.05, 0) is 53.6 Å². The van der Waals surface area contributed by atoms with E-state index in [0.717, 1.165) is 52.6 Å². The molecule has 2 heterocycles. The Morgan fingerprint density at radius 3 is 2.56 bits per heavy atom. The van der Waals surface area contributed by atoms with Crippen LogP contribution in [0.15, 0.2) is 72.2 Å². The van der Waals surface area contributed by atoms with Crippen molar-refractivity contribution in [2.45, 2.75) is 57.2 Å². The van der Waals surface area contributed by atoms with E-state index in [9.17, 15) is 14.0 Å². The Labute approximate surface area is 214 Å². The molecule has 0 radical (unpaired) electrons. The number of aromatic nitrogens is 1. The minimum Gasteiger partial charge on any atom is -0.361 e. The van der Waals surface area contributed by atoms with Crippen LogP contribution >= 0.6 is 11.3 Å². The fraction of sp³-hybridized carbons (Fsp3) is 0.310. The first-order valence-electron chi connectivity index (χ1n) is 12.5. The highest BCUT2D eigenvalue weighted by atomic mass is 32.1. The molecule has 7 heteroatoms. The molecule has 0 unspecified atom stereocenters. The van der Waals surface area contributed by atoms with Crippen LogP contribution in [-0.2, 0) is 22.6 Å². The number of amides is 2. The molecule has 4 aromatic rings. The number of benzene rings is 2. The second-order valence-electron chi connectivity index (χ2n) is 9.45. The molecule has 5 rings (SSSR count). The Morgan fingerprint density at radius 1 is 1.03 bits per heavy atom. The van der Waals surface area contributed by atoms with Crippen molar-refractivity contribution in [2.24, 2.45) is 0 Å². The monoisotopic (exact) mass is 503 g/mol. The van der Waals surface area contributed by atoms with Gasteiger partial charge in [-0.2, -0.15) is 0 Å². The number of para-hydroxylation sites is 1. The summed E-state index contributed by atoms with van der Waals surface area (Å²) >= 11 is 1.47. The smallest absolute Gasteiger partial charge is 0.248 e. The first-order chi connectivity index (χ1) is 17.6. The second-order valence-corrected chi connectivity index (χ2v) is 10.4. The highest BCUT2D eigenvalue weighted by Crippen LogP contribution is 2.30. The average Bonchev–Trinajstić information content (AvgIpc) is 3.56. The molecule has 36 heavy (non-hydrogen) atoms. The maximum Gasteiger partial charge on any atom is 0.248 e. The lowest BCUT2D eigenvalue weighted by Crippen LogP contribution is -2.47. The van der Waals surface area contributed by atoms with Crippen molar-refractivity contribution >= 4 is 34.1 Å².